The third-order valence-electron chi connectivity index (χ3n) is 2.68. The summed E-state index contributed by atoms with van der Waals surface area (Å²) < 4.78 is 21.2. The van der Waals surface area contributed by atoms with E-state index in [-0.39, 0.29) is 5.17 Å². The summed E-state index contributed by atoms with van der Waals surface area (Å²) in [6, 6.07) is 3.43. The molecule has 0 radical (unpaired) electrons. The summed E-state index contributed by atoms with van der Waals surface area (Å²) in [5.41, 5.74) is 1.24. The number of ether oxygens (including phenoxy) is 4. The van der Waals surface area contributed by atoms with Crippen LogP contribution in [-0.4, -0.2) is 52.9 Å². The zero-order chi connectivity index (χ0) is 15.7. The molecular weight excluding hydrogens is 296 g/mol. The van der Waals surface area contributed by atoms with Gasteiger partial charge in [0.25, 0.3) is 0 Å². The van der Waals surface area contributed by atoms with Crippen LogP contribution < -0.4 is 14.8 Å². The minimum Gasteiger partial charge on any atom is -0.487 e. The summed E-state index contributed by atoms with van der Waals surface area (Å²) >= 11 is 5.80. The predicted octanol–water partition coefficient (Wildman–Crippen LogP) is 2.34. The highest BCUT2D eigenvalue weighted by Crippen LogP contribution is 2.34. The fourth-order valence-corrected chi connectivity index (χ4v) is 1.80. The first kappa shape index (κ1) is 17.6. The maximum Gasteiger partial charge on any atom is 0.163 e. The van der Waals surface area contributed by atoms with Crippen molar-refractivity contribution < 1.29 is 18.9 Å². The molecule has 0 bridgehead atoms. The molecule has 21 heavy (non-hydrogen) atoms. The molecule has 1 rings (SSSR count). The quantitative estimate of drug-likeness (QED) is 0.512. The van der Waals surface area contributed by atoms with Crippen LogP contribution in [0.15, 0.2) is 12.1 Å². The highest BCUT2D eigenvalue weighted by atomic mass is 35.5. The molecule has 0 saturated carbocycles. The van der Waals surface area contributed by atoms with Crippen LogP contribution in [0.5, 0.6) is 11.5 Å². The van der Waals surface area contributed by atoms with Gasteiger partial charge < -0.3 is 24.3 Å². The smallest absolute Gasteiger partial charge is 0.163 e. The first-order valence-electron chi connectivity index (χ1n) is 6.47. The predicted molar refractivity (Wildman–Crippen MR) is 83.4 cm³/mol. The van der Waals surface area contributed by atoms with E-state index in [1.54, 1.807) is 33.4 Å². The van der Waals surface area contributed by atoms with Crippen LogP contribution in [0.2, 0.25) is 0 Å². The third-order valence-corrected chi connectivity index (χ3v) is 2.88. The number of methoxy groups -OCH3 is 2. The molecule has 2 N–H and O–H groups in total. The number of hydrogen-bond donors (Lipinski definition) is 2. The van der Waals surface area contributed by atoms with E-state index >= 15 is 0 Å². The molecule has 7 heteroatoms. The monoisotopic (exact) mass is 316 g/mol. The highest BCUT2D eigenvalue weighted by Gasteiger charge is 2.14. The fraction of sp³-hybridized carbons (Fsp3) is 0.500. The zero-order valence-electron chi connectivity index (χ0n) is 12.5. The van der Waals surface area contributed by atoms with Crippen LogP contribution in [0.1, 0.15) is 5.56 Å². The molecule has 0 aliphatic rings. The van der Waals surface area contributed by atoms with Crippen molar-refractivity contribution in [3.63, 3.8) is 0 Å². The van der Waals surface area contributed by atoms with E-state index in [4.69, 9.17) is 36.0 Å². The topological polar surface area (TPSA) is 72.8 Å². The number of halogens is 1. The Kier molecular flexibility index (Phi) is 7.89. The lowest BCUT2D eigenvalue weighted by Gasteiger charge is -2.16. The van der Waals surface area contributed by atoms with E-state index in [1.807, 2.05) is 0 Å². The maximum atomic E-state index is 7.61. The standard InChI is InChI=1S/C14H21ClN2O4/c1-17-11-9-13(21-7-5-19-3)12(20-6-4-18-2)8-10(11)14(15)16/h8-9,16-17H,4-7H2,1-3H3. The maximum absolute atomic E-state index is 7.61. The molecule has 0 aliphatic heterocycles. The Balaban J connectivity index is 3.01. The molecule has 0 unspecified atom stereocenters. The van der Waals surface area contributed by atoms with Crippen molar-refractivity contribution in [1.29, 1.82) is 5.41 Å². The molecule has 0 aromatic heterocycles. The Morgan fingerprint density at radius 2 is 1.57 bits per heavy atom. The van der Waals surface area contributed by atoms with Gasteiger partial charge in [0.1, 0.15) is 18.4 Å². The molecule has 0 aliphatic carbocycles. The van der Waals surface area contributed by atoms with E-state index in [9.17, 15) is 0 Å². The summed E-state index contributed by atoms with van der Waals surface area (Å²) in [6.45, 7) is 1.71. The average molecular weight is 317 g/mol. The van der Waals surface area contributed by atoms with Crippen molar-refractivity contribution in [3.05, 3.63) is 17.7 Å². The second-order valence-corrected chi connectivity index (χ2v) is 4.47. The van der Waals surface area contributed by atoms with Crippen LogP contribution in [0.4, 0.5) is 5.69 Å². The van der Waals surface area contributed by atoms with Crippen molar-refractivity contribution >= 4 is 22.5 Å². The van der Waals surface area contributed by atoms with Crippen LogP contribution in [0, 0.1) is 5.41 Å². The zero-order valence-corrected chi connectivity index (χ0v) is 13.3. The lowest BCUT2D eigenvalue weighted by Crippen LogP contribution is -2.10. The Morgan fingerprint density at radius 1 is 1.05 bits per heavy atom. The second kappa shape index (κ2) is 9.44. The average Bonchev–Trinajstić information content (AvgIpc) is 2.48. The van der Waals surface area contributed by atoms with Crippen LogP contribution in [-0.2, 0) is 9.47 Å². The van der Waals surface area contributed by atoms with Gasteiger partial charge in [-0.1, -0.05) is 11.6 Å². The normalized spacial score (nSPS) is 10.3. The van der Waals surface area contributed by atoms with E-state index in [1.165, 1.54) is 0 Å². The molecule has 0 saturated heterocycles. The van der Waals surface area contributed by atoms with Gasteiger partial charge in [0.2, 0.25) is 0 Å². The van der Waals surface area contributed by atoms with Gasteiger partial charge in [-0.05, 0) is 6.07 Å². The minimum absolute atomic E-state index is 0.0700. The number of rotatable bonds is 10. The number of hydrogen-bond acceptors (Lipinski definition) is 6. The van der Waals surface area contributed by atoms with Gasteiger partial charge in [0.15, 0.2) is 11.5 Å². The van der Waals surface area contributed by atoms with Gasteiger partial charge in [0, 0.05) is 38.6 Å². The molecule has 0 spiro atoms. The summed E-state index contributed by atoms with van der Waals surface area (Å²) in [4.78, 5) is 0. The molecule has 0 atom stereocenters. The molecule has 0 fully saturated rings. The second-order valence-electron chi connectivity index (χ2n) is 4.09. The fourth-order valence-electron chi connectivity index (χ4n) is 1.64. The van der Waals surface area contributed by atoms with Crippen molar-refractivity contribution in [3.8, 4) is 11.5 Å². The van der Waals surface area contributed by atoms with E-state index in [0.29, 0.717) is 49.2 Å². The number of nitrogens with one attached hydrogen (secondary N) is 2. The number of anilines is 1. The Bertz CT molecular complexity index is 469. The Labute approximate surface area is 129 Å². The highest BCUT2D eigenvalue weighted by molar-refractivity contribution is 6.69. The molecule has 118 valence electrons. The Hall–Kier alpha value is -1.50. The SMILES string of the molecule is CNc1cc(OCCOC)c(OCCOC)cc1C(=N)Cl. The molecule has 1 aromatic carbocycles. The minimum atomic E-state index is -0.0700. The van der Waals surface area contributed by atoms with Crippen molar-refractivity contribution in [2.24, 2.45) is 0 Å². The van der Waals surface area contributed by atoms with Crippen molar-refractivity contribution in [2.45, 2.75) is 0 Å². The summed E-state index contributed by atoms with van der Waals surface area (Å²) in [7, 11) is 4.96. The van der Waals surface area contributed by atoms with Gasteiger partial charge in [-0.25, -0.2) is 0 Å². The molecule has 6 nitrogen and oxygen atoms in total. The van der Waals surface area contributed by atoms with Gasteiger partial charge in [-0.15, -0.1) is 0 Å². The van der Waals surface area contributed by atoms with Crippen molar-refractivity contribution in [2.75, 3.05) is 53.0 Å². The lowest BCUT2D eigenvalue weighted by atomic mass is 10.1. The van der Waals surface area contributed by atoms with Crippen LogP contribution in [0.3, 0.4) is 0 Å². The van der Waals surface area contributed by atoms with Gasteiger partial charge in [-0.2, -0.15) is 0 Å². The molecular formula is C14H21ClN2O4. The Morgan fingerprint density at radius 3 is 2.00 bits per heavy atom. The van der Waals surface area contributed by atoms with E-state index in [2.05, 4.69) is 5.32 Å². The summed E-state index contributed by atoms with van der Waals surface area (Å²) in [5, 5.41) is 10.5. The summed E-state index contributed by atoms with van der Waals surface area (Å²) in [6.07, 6.45) is 0. The lowest BCUT2D eigenvalue weighted by molar-refractivity contribution is 0.132. The van der Waals surface area contributed by atoms with E-state index < -0.39 is 0 Å². The molecule has 1 aromatic rings. The first-order valence-corrected chi connectivity index (χ1v) is 6.85. The van der Waals surface area contributed by atoms with Gasteiger partial charge in [0.05, 0.1) is 13.2 Å². The van der Waals surface area contributed by atoms with Crippen LogP contribution >= 0.6 is 11.6 Å². The molecule has 0 amide bonds. The van der Waals surface area contributed by atoms with Gasteiger partial charge in [-0.3, -0.25) is 5.41 Å². The molecule has 0 heterocycles. The van der Waals surface area contributed by atoms with Crippen molar-refractivity contribution in [1.82, 2.24) is 0 Å². The first-order chi connectivity index (χ1) is 10.1. The van der Waals surface area contributed by atoms with Gasteiger partial charge >= 0.3 is 0 Å². The third kappa shape index (κ3) is 5.41. The summed E-state index contributed by atoms with van der Waals surface area (Å²) in [5.74, 6) is 1.08. The van der Waals surface area contributed by atoms with E-state index in [0.717, 1.165) is 0 Å². The van der Waals surface area contributed by atoms with Crippen LogP contribution in [0.25, 0.3) is 0 Å². The largest absolute Gasteiger partial charge is 0.487 e. The number of benzene rings is 1.